The number of carbonyl (C=O) groups excluding carboxylic acids is 2. The summed E-state index contributed by atoms with van der Waals surface area (Å²) in [5.41, 5.74) is 1.70. The maximum atomic E-state index is 12.2. The van der Waals surface area contributed by atoms with Crippen molar-refractivity contribution in [3.05, 3.63) is 59.7 Å². The third-order valence-electron chi connectivity index (χ3n) is 3.55. The van der Waals surface area contributed by atoms with E-state index in [1.807, 2.05) is 12.1 Å². The fraction of sp³-hybridized carbons (Fsp3) is 0.300. The van der Waals surface area contributed by atoms with Crippen molar-refractivity contribution in [1.82, 2.24) is 0 Å². The molecule has 0 aliphatic carbocycles. The van der Waals surface area contributed by atoms with Gasteiger partial charge in [-0.3, -0.25) is 4.79 Å². The van der Waals surface area contributed by atoms with E-state index in [9.17, 15) is 9.59 Å². The first kappa shape index (κ1) is 17.7. The lowest BCUT2D eigenvalue weighted by Crippen LogP contribution is -2.09. The van der Waals surface area contributed by atoms with Gasteiger partial charge in [-0.2, -0.15) is 0 Å². The van der Waals surface area contributed by atoms with Crippen molar-refractivity contribution in [1.29, 1.82) is 0 Å². The standard InChI is InChI=1S/C20H22O4/c1-3-5-7-15-10-12-16(13-11-15)20(22)24-18-9-6-8-17(14-18)23-19(21)4-2/h6,8-14H,3-5,7H2,1-2H3. The Bertz CT molecular complexity index is 689. The molecule has 0 spiro atoms. The fourth-order valence-corrected chi connectivity index (χ4v) is 2.16. The van der Waals surface area contributed by atoms with Crippen LogP contribution in [-0.2, 0) is 11.2 Å². The molecule has 0 heterocycles. The minimum Gasteiger partial charge on any atom is -0.426 e. The summed E-state index contributed by atoms with van der Waals surface area (Å²) in [4.78, 5) is 23.5. The van der Waals surface area contributed by atoms with Crippen LogP contribution in [0.2, 0.25) is 0 Å². The predicted molar refractivity (Wildman–Crippen MR) is 92.4 cm³/mol. The van der Waals surface area contributed by atoms with Crippen molar-refractivity contribution in [2.24, 2.45) is 0 Å². The van der Waals surface area contributed by atoms with Gasteiger partial charge in [0, 0.05) is 12.5 Å². The molecular formula is C20H22O4. The molecule has 0 bridgehead atoms. The second-order valence-electron chi connectivity index (χ2n) is 5.49. The minimum absolute atomic E-state index is 0.286. The van der Waals surface area contributed by atoms with Crippen LogP contribution in [0.3, 0.4) is 0 Å². The van der Waals surface area contributed by atoms with Crippen molar-refractivity contribution in [2.75, 3.05) is 0 Å². The summed E-state index contributed by atoms with van der Waals surface area (Å²) in [5.74, 6) is -0.0596. The maximum absolute atomic E-state index is 12.2. The summed E-state index contributed by atoms with van der Waals surface area (Å²) in [6, 6.07) is 13.9. The van der Waals surface area contributed by atoms with Crippen molar-refractivity contribution in [2.45, 2.75) is 39.5 Å². The highest BCUT2D eigenvalue weighted by molar-refractivity contribution is 5.91. The Balaban J connectivity index is 2.01. The molecule has 0 saturated heterocycles. The molecule has 2 aromatic rings. The zero-order valence-electron chi connectivity index (χ0n) is 14.1. The van der Waals surface area contributed by atoms with Crippen LogP contribution in [0.5, 0.6) is 11.5 Å². The van der Waals surface area contributed by atoms with Crippen LogP contribution >= 0.6 is 0 Å². The first-order chi connectivity index (χ1) is 11.6. The average molecular weight is 326 g/mol. The largest absolute Gasteiger partial charge is 0.426 e. The van der Waals surface area contributed by atoms with Crippen molar-refractivity contribution in [3.63, 3.8) is 0 Å². The normalized spacial score (nSPS) is 10.2. The Morgan fingerprint density at radius 3 is 2.21 bits per heavy atom. The van der Waals surface area contributed by atoms with E-state index < -0.39 is 5.97 Å². The number of rotatable bonds is 7. The SMILES string of the molecule is CCCCc1ccc(C(=O)Oc2cccc(OC(=O)CC)c2)cc1. The van der Waals surface area contributed by atoms with E-state index in [4.69, 9.17) is 9.47 Å². The predicted octanol–water partition coefficient (Wildman–Crippen LogP) is 4.56. The monoisotopic (exact) mass is 326 g/mol. The van der Waals surface area contributed by atoms with Gasteiger partial charge in [-0.1, -0.05) is 38.5 Å². The summed E-state index contributed by atoms with van der Waals surface area (Å²) in [6.45, 7) is 3.87. The number of hydrogen-bond donors (Lipinski definition) is 0. The fourth-order valence-electron chi connectivity index (χ4n) is 2.16. The van der Waals surface area contributed by atoms with Crippen molar-refractivity contribution >= 4 is 11.9 Å². The first-order valence-electron chi connectivity index (χ1n) is 8.24. The summed E-state index contributed by atoms with van der Waals surface area (Å²) in [5, 5.41) is 0. The molecular weight excluding hydrogens is 304 g/mol. The van der Waals surface area contributed by atoms with E-state index >= 15 is 0 Å². The molecule has 126 valence electrons. The molecule has 2 aromatic carbocycles. The van der Waals surface area contributed by atoms with Crippen LogP contribution < -0.4 is 9.47 Å². The Labute approximate surface area is 142 Å². The molecule has 2 rings (SSSR count). The number of benzene rings is 2. The maximum Gasteiger partial charge on any atom is 0.343 e. The lowest BCUT2D eigenvalue weighted by atomic mass is 10.1. The van der Waals surface area contributed by atoms with E-state index in [0.29, 0.717) is 17.1 Å². The Morgan fingerprint density at radius 1 is 0.917 bits per heavy atom. The van der Waals surface area contributed by atoms with Crippen LogP contribution in [0, 0.1) is 0 Å². The summed E-state index contributed by atoms with van der Waals surface area (Å²) in [7, 11) is 0. The third-order valence-corrected chi connectivity index (χ3v) is 3.55. The van der Waals surface area contributed by atoms with Gasteiger partial charge in [0.25, 0.3) is 0 Å². The molecule has 0 aliphatic rings. The van der Waals surface area contributed by atoms with Crippen LogP contribution in [0.1, 0.15) is 49.0 Å². The van der Waals surface area contributed by atoms with E-state index in [1.54, 1.807) is 37.3 Å². The van der Waals surface area contributed by atoms with Gasteiger partial charge in [0.15, 0.2) is 0 Å². The molecule has 0 unspecified atom stereocenters. The van der Waals surface area contributed by atoms with E-state index in [0.717, 1.165) is 19.3 Å². The average Bonchev–Trinajstić information content (AvgIpc) is 2.60. The number of ether oxygens (including phenoxy) is 2. The summed E-state index contributed by atoms with van der Waals surface area (Å²) in [6.07, 6.45) is 3.57. The van der Waals surface area contributed by atoms with Crippen molar-refractivity contribution in [3.8, 4) is 11.5 Å². The Kier molecular flexibility index (Phi) is 6.55. The molecule has 24 heavy (non-hydrogen) atoms. The molecule has 4 heteroatoms. The Morgan fingerprint density at radius 2 is 1.58 bits per heavy atom. The number of esters is 2. The highest BCUT2D eigenvalue weighted by atomic mass is 16.5. The van der Waals surface area contributed by atoms with Gasteiger partial charge < -0.3 is 9.47 Å². The molecule has 0 amide bonds. The van der Waals surface area contributed by atoms with Crippen LogP contribution in [0.4, 0.5) is 0 Å². The molecule has 0 aliphatic heterocycles. The van der Waals surface area contributed by atoms with Crippen LogP contribution in [-0.4, -0.2) is 11.9 Å². The number of hydrogen-bond acceptors (Lipinski definition) is 4. The van der Waals surface area contributed by atoms with Gasteiger partial charge in [0.1, 0.15) is 11.5 Å². The third kappa shape index (κ3) is 5.23. The zero-order chi connectivity index (χ0) is 17.4. The van der Waals surface area contributed by atoms with E-state index in [-0.39, 0.29) is 12.4 Å². The number of carbonyl (C=O) groups is 2. The van der Waals surface area contributed by atoms with E-state index in [1.165, 1.54) is 11.6 Å². The lowest BCUT2D eigenvalue weighted by molar-refractivity contribution is -0.134. The van der Waals surface area contributed by atoms with Gasteiger partial charge in [0.2, 0.25) is 0 Å². The molecule has 0 atom stereocenters. The van der Waals surface area contributed by atoms with Crippen LogP contribution in [0.25, 0.3) is 0 Å². The second kappa shape index (κ2) is 8.87. The lowest BCUT2D eigenvalue weighted by Gasteiger charge is -2.07. The highest BCUT2D eigenvalue weighted by Gasteiger charge is 2.10. The molecule has 0 saturated carbocycles. The van der Waals surface area contributed by atoms with Crippen molar-refractivity contribution < 1.29 is 19.1 Å². The molecule has 4 nitrogen and oxygen atoms in total. The molecule has 0 fully saturated rings. The topological polar surface area (TPSA) is 52.6 Å². The van der Waals surface area contributed by atoms with Gasteiger partial charge in [-0.15, -0.1) is 0 Å². The van der Waals surface area contributed by atoms with Gasteiger partial charge in [-0.05, 0) is 42.7 Å². The van der Waals surface area contributed by atoms with Gasteiger partial charge in [0.05, 0.1) is 5.56 Å². The molecule has 0 N–H and O–H groups in total. The first-order valence-corrected chi connectivity index (χ1v) is 8.24. The zero-order valence-corrected chi connectivity index (χ0v) is 14.1. The smallest absolute Gasteiger partial charge is 0.343 e. The number of unbranched alkanes of at least 4 members (excludes halogenated alkanes) is 1. The van der Waals surface area contributed by atoms with Crippen LogP contribution in [0.15, 0.2) is 48.5 Å². The van der Waals surface area contributed by atoms with Gasteiger partial charge in [-0.25, -0.2) is 4.79 Å². The summed E-state index contributed by atoms with van der Waals surface area (Å²) >= 11 is 0. The highest BCUT2D eigenvalue weighted by Crippen LogP contribution is 2.21. The van der Waals surface area contributed by atoms with Gasteiger partial charge >= 0.3 is 11.9 Å². The second-order valence-corrected chi connectivity index (χ2v) is 5.49. The quantitative estimate of drug-likeness (QED) is 0.553. The Hall–Kier alpha value is -2.62. The number of aryl methyl sites for hydroxylation is 1. The minimum atomic E-state index is -0.434. The van der Waals surface area contributed by atoms with E-state index in [2.05, 4.69) is 6.92 Å². The summed E-state index contributed by atoms with van der Waals surface area (Å²) < 4.78 is 10.5. The molecule has 0 radical (unpaired) electrons. The molecule has 0 aromatic heterocycles.